The molecule has 43 heavy (non-hydrogen) atoms. The van der Waals surface area contributed by atoms with Crippen LogP contribution >= 0.6 is 0 Å². The minimum Gasteiger partial charge on any atom is -0.494 e. The molecule has 0 aliphatic carbocycles. The zero-order valence-corrected chi connectivity index (χ0v) is 26.4. The van der Waals surface area contributed by atoms with Crippen molar-refractivity contribution in [3.63, 3.8) is 0 Å². The van der Waals surface area contributed by atoms with Gasteiger partial charge in [0.15, 0.2) is 11.5 Å². The van der Waals surface area contributed by atoms with Crippen molar-refractivity contribution in [2.75, 3.05) is 38.2 Å². The predicted molar refractivity (Wildman–Crippen MR) is 166 cm³/mol. The Morgan fingerprint density at radius 1 is 0.907 bits per heavy atom. The van der Waals surface area contributed by atoms with E-state index < -0.39 is 28.5 Å². The van der Waals surface area contributed by atoms with Gasteiger partial charge in [-0.05, 0) is 69.2 Å². The molecule has 3 rings (SSSR count). The molecule has 0 saturated heterocycles. The largest absolute Gasteiger partial charge is 0.494 e. The van der Waals surface area contributed by atoms with Crippen LogP contribution in [0.25, 0.3) is 0 Å². The molecule has 0 unspecified atom stereocenters. The number of methoxy groups -OCH3 is 2. The Kier molecular flexibility index (Phi) is 11.8. The summed E-state index contributed by atoms with van der Waals surface area (Å²) in [6.45, 7) is 7.84. The average molecular weight is 612 g/mol. The highest BCUT2D eigenvalue weighted by Crippen LogP contribution is 2.33. The van der Waals surface area contributed by atoms with Crippen molar-refractivity contribution in [3.05, 3.63) is 77.9 Å². The molecular weight excluding hydrogens is 570 g/mol. The van der Waals surface area contributed by atoms with Crippen LogP contribution in [0, 0.1) is 6.92 Å². The van der Waals surface area contributed by atoms with Crippen molar-refractivity contribution >= 4 is 27.5 Å². The number of amides is 2. The topological polar surface area (TPSA) is 114 Å². The molecule has 3 aromatic rings. The fourth-order valence-corrected chi connectivity index (χ4v) is 6.16. The Morgan fingerprint density at radius 2 is 1.60 bits per heavy atom. The zero-order valence-electron chi connectivity index (χ0n) is 25.6. The number of carbonyl (C=O) groups is 2. The second-order valence-corrected chi connectivity index (χ2v) is 11.6. The Labute approximate surface area is 254 Å². The maximum Gasteiger partial charge on any atom is 0.264 e. The van der Waals surface area contributed by atoms with Crippen LogP contribution in [0.3, 0.4) is 0 Å². The van der Waals surface area contributed by atoms with E-state index in [4.69, 9.17) is 14.2 Å². The van der Waals surface area contributed by atoms with Crippen LogP contribution in [-0.2, 0) is 26.2 Å². The third-order valence-electron chi connectivity index (χ3n) is 6.83. The van der Waals surface area contributed by atoms with E-state index in [0.717, 1.165) is 15.4 Å². The van der Waals surface area contributed by atoms with Gasteiger partial charge in [0.1, 0.15) is 18.3 Å². The number of nitrogens with zero attached hydrogens (tertiary/aromatic N) is 2. The van der Waals surface area contributed by atoms with E-state index in [9.17, 15) is 18.0 Å². The molecule has 0 saturated carbocycles. The van der Waals surface area contributed by atoms with Gasteiger partial charge in [-0.2, -0.15) is 0 Å². The Hall–Kier alpha value is -4.25. The van der Waals surface area contributed by atoms with Crippen LogP contribution in [-0.4, -0.2) is 65.1 Å². The molecule has 232 valence electrons. The lowest BCUT2D eigenvalue weighted by molar-refractivity contribution is -0.140. The number of aryl methyl sites for hydroxylation is 1. The predicted octanol–water partition coefficient (Wildman–Crippen LogP) is 4.55. The molecule has 0 spiro atoms. The number of hydrogen-bond donors (Lipinski definition) is 1. The number of ether oxygens (including phenoxy) is 3. The van der Waals surface area contributed by atoms with Crippen molar-refractivity contribution in [1.29, 1.82) is 0 Å². The van der Waals surface area contributed by atoms with E-state index in [-0.39, 0.29) is 28.8 Å². The number of likely N-dealkylation sites (N-methyl/N-ethyl adjacent to an activating group) is 1. The van der Waals surface area contributed by atoms with Gasteiger partial charge in [0.25, 0.3) is 10.0 Å². The van der Waals surface area contributed by atoms with Gasteiger partial charge in [-0.3, -0.25) is 13.9 Å². The maximum absolute atomic E-state index is 14.2. The fraction of sp³-hybridized carbons (Fsp3) is 0.375. The number of rotatable bonds is 15. The third kappa shape index (κ3) is 8.19. The number of sulfonamides is 1. The minimum absolute atomic E-state index is 0.0900. The van der Waals surface area contributed by atoms with Gasteiger partial charge < -0.3 is 24.4 Å². The van der Waals surface area contributed by atoms with Gasteiger partial charge in [0, 0.05) is 19.2 Å². The van der Waals surface area contributed by atoms with Gasteiger partial charge in [-0.15, -0.1) is 0 Å². The summed E-state index contributed by atoms with van der Waals surface area (Å²) in [5, 5.41) is 2.81. The fourth-order valence-electron chi connectivity index (χ4n) is 4.73. The molecule has 3 aromatic carbocycles. The normalized spacial score (nSPS) is 11.8. The van der Waals surface area contributed by atoms with Crippen LogP contribution < -0.4 is 23.8 Å². The molecule has 1 N–H and O–H groups in total. The smallest absolute Gasteiger partial charge is 0.264 e. The molecule has 0 aromatic heterocycles. The summed E-state index contributed by atoms with van der Waals surface area (Å²) < 4.78 is 45.6. The van der Waals surface area contributed by atoms with Gasteiger partial charge >= 0.3 is 0 Å². The van der Waals surface area contributed by atoms with Gasteiger partial charge in [0.2, 0.25) is 11.8 Å². The minimum atomic E-state index is -4.30. The van der Waals surface area contributed by atoms with Gasteiger partial charge in [-0.25, -0.2) is 8.42 Å². The second kappa shape index (κ2) is 15.3. The number of anilines is 1. The first-order valence-corrected chi connectivity index (χ1v) is 15.6. The zero-order chi connectivity index (χ0) is 31.6. The van der Waals surface area contributed by atoms with E-state index in [1.165, 1.54) is 37.3 Å². The average Bonchev–Trinajstić information content (AvgIpc) is 3.00. The standard InChI is InChI=1S/C32H41N3O7S/c1-7-28(32(37)33-8-2)34(21-24-12-10-11-23(4)19-24)31(36)22-35(25-13-15-26(16-14-25)42-9-3)43(38,39)27-17-18-29(40-5)30(20-27)41-6/h10-20,28H,7-9,21-22H2,1-6H3,(H,33,37)/t28-/m1/s1. The van der Waals surface area contributed by atoms with Crippen molar-refractivity contribution in [2.45, 2.75) is 51.6 Å². The number of nitrogens with one attached hydrogen (secondary N) is 1. The highest BCUT2D eigenvalue weighted by molar-refractivity contribution is 7.92. The molecule has 10 nitrogen and oxygen atoms in total. The molecule has 0 radical (unpaired) electrons. The van der Waals surface area contributed by atoms with Crippen molar-refractivity contribution in [3.8, 4) is 17.2 Å². The van der Waals surface area contributed by atoms with Crippen LogP contribution in [0.1, 0.15) is 38.3 Å². The lowest BCUT2D eigenvalue weighted by atomic mass is 10.1. The lowest BCUT2D eigenvalue weighted by Crippen LogP contribution is -2.52. The summed E-state index contributed by atoms with van der Waals surface area (Å²) in [7, 11) is -1.43. The van der Waals surface area contributed by atoms with E-state index in [0.29, 0.717) is 31.1 Å². The summed E-state index contributed by atoms with van der Waals surface area (Å²) in [6.07, 6.45) is 0.342. The molecule has 0 aliphatic heterocycles. The summed E-state index contributed by atoms with van der Waals surface area (Å²) in [6, 6.07) is 17.6. The van der Waals surface area contributed by atoms with Gasteiger partial charge in [0.05, 0.1) is 31.4 Å². The van der Waals surface area contributed by atoms with Gasteiger partial charge in [-0.1, -0.05) is 36.8 Å². The summed E-state index contributed by atoms with van der Waals surface area (Å²) in [5.41, 5.74) is 2.09. The van der Waals surface area contributed by atoms with Crippen molar-refractivity contribution < 1.29 is 32.2 Å². The van der Waals surface area contributed by atoms with Crippen LogP contribution in [0.5, 0.6) is 17.2 Å². The number of benzene rings is 3. The maximum atomic E-state index is 14.2. The summed E-state index contributed by atoms with van der Waals surface area (Å²) >= 11 is 0. The van der Waals surface area contributed by atoms with Crippen molar-refractivity contribution in [2.24, 2.45) is 0 Å². The van der Waals surface area contributed by atoms with Crippen LogP contribution in [0.2, 0.25) is 0 Å². The third-order valence-corrected chi connectivity index (χ3v) is 8.60. The highest BCUT2D eigenvalue weighted by Gasteiger charge is 2.34. The van der Waals surface area contributed by atoms with Crippen LogP contribution in [0.4, 0.5) is 5.69 Å². The first-order chi connectivity index (χ1) is 20.6. The first-order valence-electron chi connectivity index (χ1n) is 14.2. The van der Waals surface area contributed by atoms with Crippen LogP contribution in [0.15, 0.2) is 71.6 Å². The molecule has 0 aliphatic rings. The molecule has 2 amide bonds. The van der Waals surface area contributed by atoms with Crippen molar-refractivity contribution in [1.82, 2.24) is 10.2 Å². The Bertz CT molecular complexity index is 1490. The monoisotopic (exact) mass is 611 g/mol. The van der Waals surface area contributed by atoms with E-state index in [1.54, 1.807) is 31.2 Å². The molecule has 0 heterocycles. The lowest BCUT2D eigenvalue weighted by Gasteiger charge is -2.33. The number of carbonyl (C=O) groups excluding carboxylic acids is 2. The van der Waals surface area contributed by atoms with E-state index in [1.807, 2.05) is 45.0 Å². The Balaban J connectivity index is 2.11. The Morgan fingerprint density at radius 3 is 2.19 bits per heavy atom. The highest BCUT2D eigenvalue weighted by atomic mass is 32.2. The molecule has 11 heteroatoms. The first kappa shape index (κ1) is 33.3. The summed E-state index contributed by atoms with van der Waals surface area (Å²) in [4.78, 5) is 28.6. The molecular formula is C32H41N3O7S. The summed E-state index contributed by atoms with van der Waals surface area (Å²) in [5.74, 6) is 0.315. The molecule has 1 atom stereocenters. The molecule has 0 fully saturated rings. The SMILES string of the molecule is CCNC(=O)[C@@H](CC)N(Cc1cccc(C)c1)C(=O)CN(c1ccc(OCC)cc1)S(=O)(=O)c1ccc(OC)c(OC)c1. The number of hydrogen-bond acceptors (Lipinski definition) is 7. The molecule has 0 bridgehead atoms. The second-order valence-electron chi connectivity index (χ2n) is 9.78. The van der Waals surface area contributed by atoms with E-state index >= 15 is 0 Å². The quantitative estimate of drug-likeness (QED) is 0.268. The van der Waals surface area contributed by atoms with E-state index in [2.05, 4.69) is 5.32 Å².